The summed E-state index contributed by atoms with van der Waals surface area (Å²) in [5, 5.41) is 7.33. The number of primary amides is 1. The van der Waals surface area contributed by atoms with E-state index in [1.54, 1.807) is 42.4 Å². The van der Waals surface area contributed by atoms with E-state index in [9.17, 15) is 13.2 Å². The van der Waals surface area contributed by atoms with Crippen LogP contribution in [-0.4, -0.2) is 60.1 Å². The molecule has 0 bridgehead atoms. The predicted octanol–water partition coefficient (Wildman–Crippen LogP) is 1.85. The SMILES string of the molecule is COCCC1CC(C(N)=O)(S(=O)(=O)c2ccc(Oc3ccc(-n4cncn4)cc3)cc2)CCN1. The van der Waals surface area contributed by atoms with E-state index in [2.05, 4.69) is 15.4 Å². The van der Waals surface area contributed by atoms with Crippen molar-refractivity contribution in [1.82, 2.24) is 20.1 Å². The Balaban J connectivity index is 1.52. The van der Waals surface area contributed by atoms with Gasteiger partial charge in [-0.15, -0.1) is 0 Å². The van der Waals surface area contributed by atoms with E-state index >= 15 is 0 Å². The number of ether oxygens (including phenoxy) is 2. The number of rotatable bonds is 9. The maximum atomic E-state index is 13.6. The Morgan fingerprint density at radius 2 is 1.85 bits per heavy atom. The van der Waals surface area contributed by atoms with Gasteiger partial charge < -0.3 is 20.5 Å². The standard InChI is InChI=1S/C23H27N5O5S/c1-32-13-10-17-14-23(22(24)29,11-12-26-17)34(30,31)21-8-6-20(7-9-21)33-19-4-2-18(3-5-19)28-16-25-15-27-28/h2-9,15-17,26H,10-14H2,1H3,(H2,24,29). The van der Waals surface area contributed by atoms with Crippen molar-refractivity contribution < 1.29 is 22.7 Å². The molecule has 3 aromatic rings. The second kappa shape index (κ2) is 9.92. The zero-order valence-corrected chi connectivity index (χ0v) is 19.6. The summed E-state index contributed by atoms with van der Waals surface area (Å²) in [5.41, 5.74) is 6.51. The number of nitrogens with two attached hydrogens (primary N) is 1. The molecule has 1 aliphatic rings. The quantitative estimate of drug-likeness (QED) is 0.468. The van der Waals surface area contributed by atoms with Crippen molar-refractivity contribution in [2.75, 3.05) is 20.3 Å². The van der Waals surface area contributed by atoms with Gasteiger partial charge in [-0.2, -0.15) is 5.10 Å². The number of carbonyl (C=O) groups is 1. The fraction of sp³-hybridized carbons (Fsp3) is 0.348. The highest BCUT2D eigenvalue weighted by Crippen LogP contribution is 2.37. The van der Waals surface area contributed by atoms with Crippen LogP contribution in [0.2, 0.25) is 0 Å². The summed E-state index contributed by atoms with van der Waals surface area (Å²) in [4.78, 5) is 16.4. The van der Waals surface area contributed by atoms with Gasteiger partial charge in [0.25, 0.3) is 0 Å². The Hall–Kier alpha value is -3.28. The van der Waals surface area contributed by atoms with Gasteiger partial charge >= 0.3 is 0 Å². The van der Waals surface area contributed by atoms with E-state index in [0.717, 1.165) is 5.69 Å². The minimum atomic E-state index is -4.03. The molecule has 4 rings (SSSR count). The van der Waals surface area contributed by atoms with Crippen LogP contribution in [0.25, 0.3) is 5.69 Å². The molecular weight excluding hydrogens is 458 g/mol. The topological polar surface area (TPSA) is 138 Å². The third kappa shape index (κ3) is 4.67. The van der Waals surface area contributed by atoms with Gasteiger partial charge in [0.15, 0.2) is 14.6 Å². The zero-order chi connectivity index (χ0) is 24.2. The van der Waals surface area contributed by atoms with Crippen LogP contribution < -0.4 is 15.8 Å². The Morgan fingerprint density at radius 3 is 2.44 bits per heavy atom. The molecule has 0 radical (unpaired) electrons. The minimum Gasteiger partial charge on any atom is -0.457 e. The van der Waals surface area contributed by atoms with Crippen molar-refractivity contribution in [3.05, 3.63) is 61.2 Å². The highest BCUT2D eigenvalue weighted by Gasteiger charge is 2.52. The van der Waals surface area contributed by atoms with E-state index in [-0.39, 0.29) is 23.8 Å². The molecule has 1 aromatic heterocycles. The number of benzene rings is 2. The molecule has 2 aromatic carbocycles. The van der Waals surface area contributed by atoms with Crippen LogP contribution >= 0.6 is 0 Å². The molecule has 2 unspecified atom stereocenters. The minimum absolute atomic E-state index is 0.0348. The van der Waals surface area contributed by atoms with Crippen LogP contribution in [0.4, 0.5) is 0 Å². The number of sulfone groups is 1. The van der Waals surface area contributed by atoms with Gasteiger partial charge in [0.2, 0.25) is 5.91 Å². The summed E-state index contributed by atoms with van der Waals surface area (Å²) < 4.78 is 38.1. The average Bonchev–Trinajstić information content (AvgIpc) is 3.38. The number of nitrogens with zero attached hydrogens (tertiary/aromatic N) is 3. The number of carbonyl (C=O) groups excluding carboxylic acids is 1. The lowest BCUT2D eigenvalue weighted by Gasteiger charge is -2.38. The first-order chi connectivity index (χ1) is 16.4. The number of hydrogen-bond donors (Lipinski definition) is 2. The average molecular weight is 486 g/mol. The van der Waals surface area contributed by atoms with E-state index in [1.807, 2.05) is 12.1 Å². The lowest BCUT2D eigenvalue weighted by Crippen LogP contribution is -2.59. The van der Waals surface area contributed by atoms with Crippen LogP contribution in [0.15, 0.2) is 66.1 Å². The lowest BCUT2D eigenvalue weighted by atomic mass is 9.89. The third-order valence-electron chi connectivity index (χ3n) is 6.06. The van der Waals surface area contributed by atoms with Gasteiger partial charge in [-0.25, -0.2) is 18.1 Å². The summed E-state index contributed by atoms with van der Waals surface area (Å²) in [6.45, 7) is 0.834. The zero-order valence-electron chi connectivity index (χ0n) is 18.8. The smallest absolute Gasteiger partial charge is 0.239 e. The van der Waals surface area contributed by atoms with E-state index in [0.29, 0.717) is 31.1 Å². The highest BCUT2D eigenvalue weighted by atomic mass is 32.2. The number of methoxy groups -OCH3 is 1. The first-order valence-electron chi connectivity index (χ1n) is 10.9. The second-order valence-electron chi connectivity index (χ2n) is 8.16. The third-order valence-corrected chi connectivity index (χ3v) is 8.56. The molecule has 11 heteroatoms. The van der Waals surface area contributed by atoms with E-state index in [1.165, 1.54) is 18.5 Å². The van der Waals surface area contributed by atoms with Gasteiger partial charge in [-0.1, -0.05) is 0 Å². The fourth-order valence-corrected chi connectivity index (χ4v) is 6.17. The van der Waals surface area contributed by atoms with E-state index in [4.69, 9.17) is 15.2 Å². The van der Waals surface area contributed by atoms with Gasteiger partial charge in [0, 0.05) is 19.8 Å². The van der Waals surface area contributed by atoms with Crippen LogP contribution in [0.1, 0.15) is 19.3 Å². The monoisotopic (exact) mass is 485 g/mol. The Kier molecular flexibility index (Phi) is 6.96. The largest absolute Gasteiger partial charge is 0.457 e. The Morgan fingerprint density at radius 1 is 1.18 bits per heavy atom. The molecule has 180 valence electrons. The number of piperidine rings is 1. The van der Waals surface area contributed by atoms with Crippen molar-refractivity contribution >= 4 is 15.7 Å². The second-order valence-corrected chi connectivity index (χ2v) is 10.4. The molecule has 10 nitrogen and oxygen atoms in total. The summed E-state index contributed by atoms with van der Waals surface area (Å²) in [5.74, 6) is 0.209. The highest BCUT2D eigenvalue weighted by molar-refractivity contribution is 7.93. The molecular formula is C23H27N5O5S. The first-order valence-corrected chi connectivity index (χ1v) is 12.3. The number of hydrogen-bond acceptors (Lipinski definition) is 8. The molecule has 1 amide bonds. The summed E-state index contributed by atoms with van der Waals surface area (Å²) in [6.07, 6.45) is 3.85. The normalized spacial score (nSPS) is 20.7. The maximum Gasteiger partial charge on any atom is 0.239 e. The van der Waals surface area contributed by atoms with Crippen LogP contribution in [0, 0.1) is 0 Å². The molecule has 2 atom stereocenters. The van der Waals surface area contributed by atoms with Crippen molar-refractivity contribution in [3.63, 3.8) is 0 Å². The molecule has 34 heavy (non-hydrogen) atoms. The van der Waals surface area contributed by atoms with Gasteiger partial charge in [-0.3, -0.25) is 4.79 Å². The lowest BCUT2D eigenvalue weighted by molar-refractivity contribution is -0.121. The molecule has 3 N–H and O–H groups in total. The molecule has 1 fully saturated rings. The summed E-state index contributed by atoms with van der Waals surface area (Å²) >= 11 is 0. The fourth-order valence-electron chi connectivity index (χ4n) is 4.17. The van der Waals surface area contributed by atoms with Crippen molar-refractivity contribution in [3.8, 4) is 17.2 Å². The van der Waals surface area contributed by atoms with Crippen LogP contribution in [0.3, 0.4) is 0 Å². The van der Waals surface area contributed by atoms with Crippen LogP contribution in [0.5, 0.6) is 11.5 Å². The Bertz CT molecular complexity index is 1210. The van der Waals surface area contributed by atoms with Crippen LogP contribution in [-0.2, 0) is 19.4 Å². The summed E-state index contributed by atoms with van der Waals surface area (Å²) in [7, 11) is -2.45. The van der Waals surface area contributed by atoms with E-state index < -0.39 is 20.5 Å². The molecule has 0 spiro atoms. The Labute approximate surface area is 198 Å². The van der Waals surface area contributed by atoms with Crippen molar-refractivity contribution in [1.29, 1.82) is 0 Å². The maximum absolute atomic E-state index is 13.6. The number of aromatic nitrogens is 3. The van der Waals surface area contributed by atoms with Gasteiger partial charge in [0.05, 0.1) is 10.6 Å². The predicted molar refractivity (Wildman–Crippen MR) is 125 cm³/mol. The number of nitrogens with one attached hydrogen (secondary N) is 1. The van der Waals surface area contributed by atoms with Gasteiger partial charge in [-0.05, 0) is 74.3 Å². The van der Waals surface area contributed by atoms with Gasteiger partial charge in [0.1, 0.15) is 24.2 Å². The van der Waals surface area contributed by atoms with Crippen molar-refractivity contribution in [2.24, 2.45) is 5.73 Å². The molecule has 0 saturated carbocycles. The molecule has 1 saturated heterocycles. The molecule has 1 aliphatic heterocycles. The summed E-state index contributed by atoms with van der Waals surface area (Å²) in [6, 6.07) is 13.1. The number of amides is 1. The first kappa shape index (κ1) is 23.9. The molecule has 2 heterocycles. The molecule has 0 aliphatic carbocycles. The van der Waals surface area contributed by atoms with Crippen molar-refractivity contribution in [2.45, 2.75) is 34.9 Å².